The van der Waals surface area contributed by atoms with Gasteiger partial charge in [0.05, 0.1) is 5.39 Å². The average Bonchev–Trinajstić information content (AvgIpc) is 2.68. The molecule has 0 spiro atoms. The fraction of sp³-hybridized carbons (Fsp3) is 0.364. The van der Waals surface area contributed by atoms with E-state index in [1.807, 2.05) is 13.0 Å². The zero-order chi connectivity index (χ0) is 13.3. The second kappa shape index (κ2) is 4.77. The minimum atomic E-state index is -0.382. The van der Waals surface area contributed by atoms with E-state index in [9.17, 15) is 4.79 Å². The van der Waals surface area contributed by atoms with Crippen molar-refractivity contribution in [1.29, 1.82) is 0 Å². The first kappa shape index (κ1) is 12.6. The summed E-state index contributed by atoms with van der Waals surface area (Å²) in [4.78, 5) is 21.8. The molecule has 0 fully saturated rings. The summed E-state index contributed by atoms with van der Waals surface area (Å²) >= 11 is 1.55. The number of carbonyl (C=O) groups excluding carboxylic acids is 1. The van der Waals surface area contributed by atoms with E-state index in [0.717, 1.165) is 15.1 Å². The summed E-state index contributed by atoms with van der Waals surface area (Å²) in [6.07, 6.45) is 0. The number of anilines is 2. The van der Waals surface area contributed by atoms with Crippen LogP contribution in [0, 0.1) is 6.92 Å². The molecule has 0 aliphatic heterocycles. The summed E-state index contributed by atoms with van der Waals surface area (Å²) < 4.78 is 0. The van der Waals surface area contributed by atoms with Gasteiger partial charge in [-0.05, 0) is 19.9 Å². The van der Waals surface area contributed by atoms with Crippen LogP contribution in [-0.2, 0) is 4.79 Å². The minimum Gasteiger partial charge on any atom is -0.368 e. The normalized spacial score (nSPS) is 12.4. The van der Waals surface area contributed by atoms with Gasteiger partial charge in [0.1, 0.15) is 16.7 Å². The van der Waals surface area contributed by atoms with Crippen LogP contribution in [0.1, 0.15) is 11.8 Å². The maximum absolute atomic E-state index is 11.5. The highest BCUT2D eigenvalue weighted by atomic mass is 32.1. The SMILES string of the molecule is CNC(=O)C(C)Nc1nc(N)nc2sc(C)cc12. The average molecular weight is 265 g/mol. The second-order valence-corrected chi connectivity index (χ2v) is 5.22. The standard InChI is InChI=1S/C11H15N5OS/c1-5-4-7-8(14-6(2)9(17)13-3)15-11(12)16-10(7)18-5/h4,6H,1-3H3,(H,13,17)(H3,12,14,15,16). The highest BCUT2D eigenvalue weighted by Gasteiger charge is 2.15. The van der Waals surface area contributed by atoms with Gasteiger partial charge in [-0.15, -0.1) is 11.3 Å². The third-order valence-electron chi connectivity index (χ3n) is 2.53. The first-order chi connectivity index (χ1) is 8.51. The number of carbonyl (C=O) groups is 1. The molecular weight excluding hydrogens is 250 g/mol. The molecular formula is C11H15N5OS. The lowest BCUT2D eigenvalue weighted by Crippen LogP contribution is -2.35. The molecule has 2 aromatic rings. The molecule has 2 rings (SSSR count). The number of nitrogens with one attached hydrogen (secondary N) is 2. The van der Waals surface area contributed by atoms with Crippen LogP contribution in [0.25, 0.3) is 10.2 Å². The number of nitrogen functional groups attached to an aromatic ring is 1. The Kier molecular flexibility index (Phi) is 3.33. The largest absolute Gasteiger partial charge is 0.368 e. The Bertz CT molecular complexity index is 594. The number of nitrogens with two attached hydrogens (primary N) is 1. The topological polar surface area (TPSA) is 92.9 Å². The van der Waals surface area contributed by atoms with Crippen LogP contribution in [0.2, 0.25) is 0 Å². The van der Waals surface area contributed by atoms with E-state index in [1.165, 1.54) is 0 Å². The molecule has 4 N–H and O–H groups in total. The van der Waals surface area contributed by atoms with Crippen LogP contribution in [0.15, 0.2) is 6.07 Å². The van der Waals surface area contributed by atoms with Crippen molar-refractivity contribution in [3.63, 3.8) is 0 Å². The number of aryl methyl sites for hydroxylation is 1. The summed E-state index contributed by atoms with van der Waals surface area (Å²) in [7, 11) is 1.60. The van der Waals surface area contributed by atoms with Crippen LogP contribution in [0.5, 0.6) is 0 Å². The summed E-state index contributed by atoms with van der Waals surface area (Å²) in [5, 5.41) is 6.52. The first-order valence-electron chi connectivity index (χ1n) is 5.53. The molecule has 1 unspecified atom stereocenters. The number of hydrogen-bond acceptors (Lipinski definition) is 6. The molecule has 0 radical (unpaired) electrons. The summed E-state index contributed by atoms with van der Waals surface area (Å²) in [6, 6.07) is 1.60. The summed E-state index contributed by atoms with van der Waals surface area (Å²) in [5.74, 6) is 0.696. The van der Waals surface area contributed by atoms with Crippen molar-refractivity contribution in [2.24, 2.45) is 0 Å². The van der Waals surface area contributed by atoms with Crippen molar-refractivity contribution in [2.75, 3.05) is 18.1 Å². The van der Waals surface area contributed by atoms with Gasteiger partial charge in [0.2, 0.25) is 11.9 Å². The Morgan fingerprint density at radius 1 is 1.50 bits per heavy atom. The molecule has 96 valence electrons. The number of rotatable bonds is 3. The number of aromatic nitrogens is 2. The number of fused-ring (bicyclic) bond motifs is 1. The minimum absolute atomic E-state index is 0.104. The van der Waals surface area contributed by atoms with Gasteiger partial charge in [0.25, 0.3) is 0 Å². The Hall–Kier alpha value is -1.89. The molecule has 1 amide bonds. The lowest BCUT2D eigenvalue weighted by atomic mass is 10.3. The fourth-order valence-electron chi connectivity index (χ4n) is 1.66. The smallest absolute Gasteiger partial charge is 0.241 e. The Labute approximate surface area is 109 Å². The molecule has 0 bridgehead atoms. The molecule has 0 aliphatic carbocycles. The van der Waals surface area contributed by atoms with Crippen molar-refractivity contribution < 1.29 is 4.79 Å². The van der Waals surface area contributed by atoms with E-state index in [-0.39, 0.29) is 17.9 Å². The van der Waals surface area contributed by atoms with Gasteiger partial charge in [0, 0.05) is 11.9 Å². The lowest BCUT2D eigenvalue weighted by Gasteiger charge is -2.13. The molecule has 7 heteroatoms. The number of nitrogens with zero attached hydrogens (tertiary/aromatic N) is 2. The molecule has 0 aromatic carbocycles. The van der Waals surface area contributed by atoms with E-state index in [4.69, 9.17) is 5.73 Å². The number of hydrogen-bond donors (Lipinski definition) is 3. The molecule has 1 atom stereocenters. The lowest BCUT2D eigenvalue weighted by molar-refractivity contribution is -0.121. The monoisotopic (exact) mass is 265 g/mol. The zero-order valence-corrected chi connectivity index (χ0v) is 11.3. The van der Waals surface area contributed by atoms with E-state index in [1.54, 1.807) is 25.3 Å². The third-order valence-corrected chi connectivity index (χ3v) is 3.47. The highest BCUT2D eigenvalue weighted by molar-refractivity contribution is 7.18. The van der Waals surface area contributed by atoms with E-state index in [2.05, 4.69) is 20.6 Å². The first-order valence-corrected chi connectivity index (χ1v) is 6.34. The van der Waals surface area contributed by atoms with Crippen LogP contribution in [-0.4, -0.2) is 29.0 Å². The van der Waals surface area contributed by atoms with Crippen molar-refractivity contribution in [3.05, 3.63) is 10.9 Å². The zero-order valence-electron chi connectivity index (χ0n) is 10.4. The predicted molar refractivity (Wildman–Crippen MR) is 73.7 cm³/mol. The molecule has 0 aliphatic rings. The maximum atomic E-state index is 11.5. The van der Waals surface area contributed by atoms with Gasteiger partial charge in [-0.3, -0.25) is 4.79 Å². The van der Waals surface area contributed by atoms with Gasteiger partial charge < -0.3 is 16.4 Å². The molecule has 0 saturated heterocycles. The van der Waals surface area contributed by atoms with Gasteiger partial charge in [-0.25, -0.2) is 4.98 Å². The molecule has 6 nitrogen and oxygen atoms in total. The summed E-state index contributed by atoms with van der Waals surface area (Å²) in [5.41, 5.74) is 5.66. The molecule has 2 heterocycles. The quantitative estimate of drug-likeness (QED) is 0.773. The van der Waals surface area contributed by atoms with Crippen LogP contribution in [0.3, 0.4) is 0 Å². The van der Waals surface area contributed by atoms with Crippen molar-refractivity contribution in [2.45, 2.75) is 19.9 Å². The van der Waals surface area contributed by atoms with Crippen molar-refractivity contribution in [3.8, 4) is 0 Å². The highest BCUT2D eigenvalue weighted by Crippen LogP contribution is 2.29. The summed E-state index contributed by atoms with van der Waals surface area (Å²) in [6.45, 7) is 3.76. The van der Waals surface area contributed by atoms with Crippen LogP contribution < -0.4 is 16.4 Å². The molecule has 0 saturated carbocycles. The Morgan fingerprint density at radius 3 is 2.89 bits per heavy atom. The number of thiophene rings is 1. The van der Waals surface area contributed by atoms with E-state index < -0.39 is 0 Å². The molecule has 18 heavy (non-hydrogen) atoms. The molecule has 2 aromatic heterocycles. The Morgan fingerprint density at radius 2 is 2.22 bits per heavy atom. The predicted octanol–water partition coefficient (Wildman–Crippen LogP) is 1.13. The maximum Gasteiger partial charge on any atom is 0.241 e. The van der Waals surface area contributed by atoms with E-state index >= 15 is 0 Å². The van der Waals surface area contributed by atoms with Crippen LogP contribution >= 0.6 is 11.3 Å². The third kappa shape index (κ3) is 2.35. The van der Waals surface area contributed by atoms with Gasteiger partial charge in [-0.2, -0.15) is 4.98 Å². The number of likely N-dealkylation sites (N-methyl/N-ethyl adjacent to an activating group) is 1. The van der Waals surface area contributed by atoms with Gasteiger partial charge in [-0.1, -0.05) is 0 Å². The van der Waals surface area contributed by atoms with Crippen molar-refractivity contribution >= 4 is 39.2 Å². The van der Waals surface area contributed by atoms with E-state index in [0.29, 0.717) is 5.82 Å². The second-order valence-electron chi connectivity index (χ2n) is 3.99. The van der Waals surface area contributed by atoms with Gasteiger partial charge >= 0.3 is 0 Å². The van der Waals surface area contributed by atoms with Crippen LogP contribution in [0.4, 0.5) is 11.8 Å². The van der Waals surface area contributed by atoms with Gasteiger partial charge in [0.15, 0.2) is 0 Å². The number of amides is 1. The van der Waals surface area contributed by atoms with Crippen molar-refractivity contribution in [1.82, 2.24) is 15.3 Å². The fourth-order valence-corrected chi connectivity index (χ4v) is 2.54. The Balaban J connectivity index is 2.40.